The van der Waals surface area contributed by atoms with Gasteiger partial charge in [0.1, 0.15) is 22.8 Å². The summed E-state index contributed by atoms with van der Waals surface area (Å²) in [4.78, 5) is 21.4. The van der Waals surface area contributed by atoms with Gasteiger partial charge < -0.3 is 10.1 Å². The van der Waals surface area contributed by atoms with E-state index in [9.17, 15) is 10.1 Å². The molecule has 0 aliphatic heterocycles. The molecule has 1 aliphatic carbocycles. The van der Waals surface area contributed by atoms with E-state index in [0.29, 0.717) is 40.9 Å². The predicted molar refractivity (Wildman–Crippen MR) is 108 cm³/mol. The second-order valence-corrected chi connectivity index (χ2v) is 8.21. The third kappa shape index (κ3) is 3.65. The van der Waals surface area contributed by atoms with Crippen LogP contribution in [0.3, 0.4) is 0 Å². The fourth-order valence-electron chi connectivity index (χ4n) is 2.96. The highest BCUT2D eigenvalue weighted by molar-refractivity contribution is 5.96. The molecule has 9 nitrogen and oxygen atoms in total. The lowest BCUT2D eigenvalue weighted by Gasteiger charge is -2.21. The Balaban J connectivity index is 1.78. The lowest BCUT2D eigenvalue weighted by Crippen LogP contribution is -2.26. The maximum Gasteiger partial charge on any atom is 0.342 e. The number of ether oxygens (including phenoxy) is 1. The molecule has 1 saturated carbocycles. The van der Waals surface area contributed by atoms with Crippen molar-refractivity contribution in [1.82, 2.24) is 19.7 Å². The molecule has 0 bridgehead atoms. The van der Waals surface area contributed by atoms with E-state index in [0.717, 1.165) is 0 Å². The van der Waals surface area contributed by atoms with E-state index in [1.165, 1.54) is 17.1 Å². The summed E-state index contributed by atoms with van der Waals surface area (Å²) in [7, 11) is 0. The van der Waals surface area contributed by atoms with Gasteiger partial charge >= 0.3 is 5.97 Å². The Bertz CT molecular complexity index is 1240. The Morgan fingerprint density at radius 3 is 2.60 bits per heavy atom. The molecule has 0 amide bonds. The molecule has 1 fully saturated rings. The zero-order valence-corrected chi connectivity index (χ0v) is 16.8. The quantitative estimate of drug-likeness (QED) is 0.660. The van der Waals surface area contributed by atoms with E-state index in [4.69, 9.17) is 10.00 Å². The summed E-state index contributed by atoms with van der Waals surface area (Å²) >= 11 is 0. The van der Waals surface area contributed by atoms with Crippen LogP contribution in [0, 0.1) is 22.7 Å². The van der Waals surface area contributed by atoms with Gasteiger partial charge in [0.05, 0.1) is 23.5 Å². The van der Waals surface area contributed by atoms with Crippen molar-refractivity contribution in [3.8, 4) is 18.0 Å². The van der Waals surface area contributed by atoms with Crippen molar-refractivity contribution in [1.29, 1.82) is 10.5 Å². The Hall–Kier alpha value is -3.98. The van der Waals surface area contributed by atoms with Crippen molar-refractivity contribution in [2.45, 2.75) is 44.8 Å². The summed E-state index contributed by atoms with van der Waals surface area (Å²) in [5.74, 6) is -0.106. The number of fused-ring (bicyclic) bond motifs is 1. The molecule has 0 atom stereocenters. The maximum absolute atomic E-state index is 12.7. The van der Waals surface area contributed by atoms with Crippen LogP contribution in [-0.2, 0) is 4.74 Å². The molecular weight excluding hydrogens is 382 g/mol. The number of carbonyl (C=O) groups is 1. The minimum atomic E-state index is -0.693. The molecule has 0 aromatic carbocycles. The first-order chi connectivity index (χ1) is 14.2. The number of rotatable bonds is 4. The lowest BCUT2D eigenvalue weighted by molar-refractivity contribution is 0.00702. The Morgan fingerprint density at radius 1 is 1.20 bits per heavy atom. The topological polar surface area (TPSA) is 130 Å². The van der Waals surface area contributed by atoms with Crippen LogP contribution in [0.25, 0.3) is 16.9 Å². The highest BCUT2D eigenvalue weighted by atomic mass is 16.6. The molecule has 0 saturated heterocycles. The Morgan fingerprint density at radius 2 is 1.97 bits per heavy atom. The Labute approximate surface area is 172 Å². The van der Waals surface area contributed by atoms with E-state index in [-0.39, 0.29) is 5.56 Å². The van der Waals surface area contributed by atoms with Gasteiger partial charge in [0.25, 0.3) is 0 Å². The summed E-state index contributed by atoms with van der Waals surface area (Å²) in [6, 6.07) is 7.66. The summed E-state index contributed by atoms with van der Waals surface area (Å²) in [6.45, 7) is 5.36. The molecular formula is C21H19N7O2. The second kappa shape index (κ2) is 6.82. The van der Waals surface area contributed by atoms with Gasteiger partial charge in [-0.2, -0.15) is 20.3 Å². The van der Waals surface area contributed by atoms with Gasteiger partial charge in [0.2, 0.25) is 0 Å². The SMILES string of the molecule is CC(C)(C)OC(=O)c1cnc(-n2ncc3cc(C#N)cnc32)cc1NC1(C#N)CC1. The van der Waals surface area contributed by atoms with Crippen molar-refractivity contribution in [2.24, 2.45) is 0 Å². The largest absolute Gasteiger partial charge is 0.456 e. The molecule has 30 heavy (non-hydrogen) atoms. The fraction of sp³-hybridized carbons (Fsp3) is 0.333. The minimum Gasteiger partial charge on any atom is -0.456 e. The first-order valence-corrected chi connectivity index (χ1v) is 9.41. The summed E-state index contributed by atoms with van der Waals surface area (Å²) < 4.78 is 7.01. The number of carbonyl (C=O) groups excluding carboxylic acids is 1. The van der Waals surface area contributed by atoms with Crippen LogP contribution >= 0.6 is 0 Å². The van der Waals surface area contributed by atoms with E-state index in [1.54, 1.807) is 39.1 Å². The number of aromatic nitrogens is 4. The van der Waals surface area contributed by atoms with Gasteiger partial charge in [-0.1, -0.05) is 0 Å². The molecule has 4 rings (SSSR count). The zero-order chi connectivity index (χ0) is 21.5. The summed E-state index contributed by atoms with van der Waals surface area (Å²) in [5.41, 5.74) is 0.292. The van der Waals surface area contributed by atoms with E-state index in [1.807, 2.05) is 6.07 Å². The van der Waals surface area contributed by atoms with E-state index in [2.05, 4.69) is 26.5 Å². The molecule has 3 heterocycles. The number of nitrogens with one attached hydrogen (secondary N) is 1. The molecule has 3 aromatic rings. The molecule has 150 valence electrons. The van der Waals surface area contributed by atoms with Crippen LogP contribution in [0.5, 0.6) is 0 Å². The first kappa shape index (κ1) is 19.3. The molecule has 0 radical (unpaired) electrons. The number of nitriles is 2. The van der Waals surface area contributed by atoms with Gasteiger partial charge in [0, 0.05) is 23.8 Å². The van der Waals surface area contributed by atoms with Crippen molar-refractivity contribution in [3.05, 3.63) is 41.9 Å². The number of hydrogen-bond acceptors (Lipinski definition) is 8. The van der Waals surface area contributed by atoms with Crippen molar-refractivity contribution < 1.29 is 9.53 Å². The van der Waals surface area contributed by atoms with Gasteiger partial charge in [-0.05, 0) is 39.7 Å². The zero-order valence-electron chi connectivity index (χ0n) is 16.8. The van der Waals surface area contributed by atoms with Gasteiger partial charge in [0.15, 0.2) is 11.5 Å². The van der Waals surface area contributed by atoms with Crippen molar-refractivity contribution in [2.75, 3.05) is 5.32 Å². The number of pyridine rings is 2. The van der Waals surface area contributed by atoms with Crippen LogP contribution < -0.4 is 5.32 Å². The first-order valence-electron chi connectivity index (χ1n) is 9.41. The van der Waals surface area contributed by atoms with Crippen LogP contribution in [-0.4, -0.2) is 36.9 Å². The van der Waals surface area contributed by atoms with Crippen molar-refractivity contribution in [3.63, 3.8) is 0 Å². The molecule has 1 N–H and O–H groups in total. The molecule has 0 spiro atoms. The van der Waals surface area contributed by atoms with E-state index < -0.39 is 17.1 Å². The smallest absolute Gasteiger partial charge is 0.342 e. The predicted octanol–water partition coefficient (Wildman–Crippen LogP) is 3.11. The monoisotopic (exact) mass is 401 g/mol. The number of hydrogen-bond donors (Lipinski definition) is 1. The van der Waals surface area contributed by atoms with Crippen LogP contribution in [0.2, 0.25) is 0 Å². The average molecular weight is 401 g/mol. The van der Waals surface area contributed by atoms with E-state index >= 15 is 0 Å². The molecule has 0 unspecified atom stereocenters. The fourth-order valence-corrected chi connectivity index (χ4v) is 2.96. The molecule has 3 aromatic heterocycles. The molecule has 9 heteroatoms. The van der Waals surface area contributed by atoms with Crippen LogP contribution in [0.4, 0.5) is 5.69 Å². The van der Waals surface area contributed by atoms with Gasteiger partial charge in [-0.25, -0.2) is 14.8 Å². The van der Waals surface area contributed by atoms with Crippen LogP contribution in [0.1, 0.15) is 49.5 Å². The average Bonchev–Trinajstić information content (AvgIpc) is 3.35. The van der Waals surface area contributed by atoms with Gasteiger partial charge in [-0.3, -0.25) is 0 Å². The second-order valence-electron chi connectivity index (χ2n) is 8.21. The number of esters is 1. The highest BCUT2D eigenvalue weighted by Gasteiger charge is 2.44. The summed E-state index contributed by atoms with van der Waals surface area (Å²) in [6.07, 6.45) is 5.85. The van der Waals surface area contributed by atoms with Crippen LogP contribution in [0.15, 0.2) is 30.7 Å². The third-order valence-corrected chi connectivity index (χ3v) is 4.60. The highest BCUT2D eigenvalue weighted by Crippen LogP contribution is 2.39. The summed E-state index contributed by atoms with van der Waals surface area (Å²) in [5, 5.41) is 26.7. The standard InChI is InChI=1S/C21H19N7O2/c1-20(2,3)30-19(29)15-11-24-17(7-16(15)27-21(12-23)4-5-21)28-18-14(10-26-28)6-13(8-22)9-25-18/h6-7,9-11H,4-5H2,1-3H3,(H,24,27). The third-order valence-electron chi connectivity index (χ3n) is 4.60. The number of anilines is 1. The van der Waals surface area contributed by atoms with Gasteiger partial charge in [-0.15, -0.1) is 0 Å². The Kier molecular flexibility index (Phi) is 4.39. The number of nitrogens with zero attached hydrogens (tertiary/aromatic N) is 6. The normalized spacial score (nSPS) is 14.6. The maximum atomic E-state index is 12.7. The molecule has 1 aliphatic rings. The van der Waals surface area contributed by atoms with Crippen molar-refractivity contribution >= 4 is 22.7 Å². The lowest BCUT2D eigenvalue weighted by atomic mass is 10.1. The minimum absolute atomic E-state index is 0.242.